The van der Waals surface area contributed by atoms with Gasteiger partial charge in [-0.25, -0.2) is 4.98 Å². The minimum absolute atomic E-state index is 0.193. The Labute approximate surface area is 168 Å². The van der Waals surface area contributed by atoms with Gasteiger partial charge in [0.25, 0.3) is 5.91 Å². The summed E-state index contributed by atoms with van der Waals surface area (Å²) in [5.41, 5.74) is 3.25. The van der Waals surface area contributed by atoms with E-state index in [1.807, 2.05) is 0 Å². The molecule has 150 valence electrons. The van der Waals surface area contributed by atoms with Crippen molar-refractivity contribution in [2.24, 2.45) is 0 Å². The predicted molar refractivity (Wildman–Crippen MR) is 108 cm³/mol. The molecule has 1 aromatic heterocycles. The summed E-state index contributed by atoms with van der Waals surface area (Å²) >= 11 is 1.56. The molecule has 3 heterocycles. The van der Waals surface area contributed by atoms with Crippen molar-refractivity contribution in [3.05, 3.63) is 35.3 Å². The summed E-state index contributed by atoms with van der Waals surface area (Å²) in [6, 6.07) is 4.18. The number of nitrogens with zero attached hydrogens (tertiary/aromatic N) is 2. The van der Waals surface area contributed by atoms with Crippen molar-refractivity contribution < 1.29 is 23.9 Å². The number of quaternary nitrogens is 1. The number of carbonyl (C=O) groups is 1. The highest BCUT2D eigenvalue weighted by Crippen LogP contribution is 2.33. The normalized spacial score (nSPS) is 17.7. The van der Waals surface area contributed by atoms with Crippen LogP contribution in [0.4, 0.5) is 5.13 Å². The van der Waals surface area contributed by atoms with Crippen LogP contribution in [0, 0.1) is 13.8 Å². The quantitative estimate of drug-likeness (QED) is 0.807. The first-order valence-electron chi connectivity index (χ1n) is 9.68. The highest BCUT2D eigenvalue weighted by atomic mass is 32.1. The number of anilines is 1. The second-order valence-corrected chi connectivity index (χ2v) is 8.12. The molecule has 0 saturated carbocycles. The van der Waals surface area contributed by atoms with Crippen LogP contribution >= 0.6 is 11.3 Å². The molecule has 8 heteroatoms. The molecule has 0 unspecified atom stereocenters. The zero-order valence-corrected chi connectivity index (χ0v) is 17.1. The van der Waals surface area contributed by atoms with Crippen molar-refractivity contribution in [2.75, 3.05) is 57.5 Å². The van der Waals surface area contributed by atoms with Crippen LogP contribution in [-0.2, 0) is 19.0 Å². The number of aromatic nitrogens is 1. The molecule has 28 heavy (non-hydrogen) atoms. The van der Waals surface area contributed by atoms with E-state index in [0.717, 1.165) is 48.6 Å². The summed E-state index contributed by atoms with van der Waals surface area (Å²) in [4.78, 5) is 21.2. The topological polar surface area (TPSA) is 65.3 Å². The van der Waals surface area contributed by atoms with E-state index in [-0.39, 0.29) is 11.7 Å². The molecule has 0 bridgehead atoms. The Morgan fingerprint density at radius 1 is 1.18 bits per heavy atom. The van der Waals surface area contributed by atoms with Gasteiger partial charge >= 0.3 is 0 Å². The van der Waals surface area contributed by atoms with Crippen LogP contribution < -0.4 is 9.80 Å². The molecule has 1 N–H and O–H groups in total. The van der Waals surface area contributed by atoms with E-state index >= 15 is 0 Å². The van der Waals surface area contributed by atoms with Crippen LogP contribution in [0.3, 0.4) is 0 Å². The number of amides is 1. The van der Waals surface area contributed by atoms with Crippen molar-refractivity contribution in [3.63, 3.8) is 0 Å². The van der Waals surface area contributed by atoms with E-state index in [9.17, 15) is 4.79 Å². The third-order valence-electron chi connectivity index (χ3n) is 5.16. The van der Waals surface area contributed by atoms with Crippen molar-refractivity contribution in [2.45, 2.75) is 13.8 Å². The molecule has 0 aliphatic carbocycles. The van der Waals surface area contributed by atoms with Crippen molar-refractivity contribution in [3.8, 4) is 0 Å². The highest BCUT2D eigenvalue weighted by Gasteiger charge is 2.28. The van der Waals surface area contributed by atoms with Gasteiger partial charge in [-0.3, -0.25) is 9.69 Å². The third-order valence-corrected chi connectivity index (χ3v) is 6.37. The van der Waals surface area contributed by atoms with Crippen LogP contribution in [0.1, 0.15) is 11.1 Å². The first kappa shape index (κ1) is 19.2. The average Bonchev–Trinajstić information content (AvgIpc) is 3.19. The summed E-state index contributed by atoms with van der Waals surface area (Å²) in [6.45, 7) is 9.86. The summed E-state index contributed by atoms with van der Waals surface area (Å²) in [7, 11) is 0. The Morgan fingerprint density at radius 3 is 2.68 bits per heavy atom. The van der Waals surface area contributed by atoms with E-state index in [4.69, 9.17) is 19.2 Å². The van der Waals surface area contributed by atoms with Gasteiger partial charge in [0.1, 0.15) is 32.6 Å². The SMILES string of the molecule is Cc1ccc(C)c2sc(N(CC[NH+]3CCOCC3)C(=O)C3=COCCO3)nc12. The smallest absolute Gasteiger partial charge is 0.298 e. The van der Waals surface area contributed by atoms with Crippen molar-refractivity contribution in [1.82, 2.24) is 4.98 Å². The van der Waals surface area contributed by atoms with Crippen LogP contribution in [0.15, 0.2) is 24.2 Å². The Bertz CT molecular complexity index is 850. The molecule has 2 aliphatic heterocycles. The fraction of sp³-hybridized carbons (Fsp3) is 0.500. The van der Waals surface area contributed by atoms with Gasteiger partial charge in [-0.2, -0.15) is 0 Å². The van der Waals surface area contributed by atoms with E-state index in [2.05, 4.69) is 26.0 Å². The molecule has 2 aliphatic rings. The predicted octanol–water partition coefficient (Wildman–Crippen LogP) is 1.05. The molecule has 4 rings (SSSR count). The van der Waals surface area contributed by atoms with E-state index in [0.29, 0.717) is 24.9 Å². The monoisotopic (exact) mass is 404 g/mol. The molecule has 2 aromatic rings. The van der Waals surface area contributed by atoms with Crippen molar-refractivity contribution in [1.29, 1.82) is 0 Å². The first-order chi connectivity index (χ1) is 13.6. The van der Waals surface area contributed by atoms with Crippen LogP contribution in [0.2, 0.25) is 0 Å². The summed E-state index contributed by atoms with van der Waals surface area (Å²) in [5, 5.41) is 0.708. The minimum Gasteiger partial charge on any atom is -0.494 e. The van der Waals surface area contributed by atoms with Gasteiger partial charge in [-0.05, 0) is 25.0 Å². The van der Waals surface area contributed by atoms with E-state index in [1.54, 1.807) is 16.2 Å². The lowest BCUT2D eigenvalue weighted by Crippen LogP contribution is -3.14. The summed E-state index contributed by atoms with van der Waals surface area (Å²) in [5.74, 6) is 0.0534. The molecule has 1 amide bonds. The Hall–Kier alpha value is -2.16. The van der Waals surface area contributed by atoms with Crippen LogP contribution in [-0.4, -0.2) is 63.5 Å². The maximum Gasteiger partial charge on any atom is 0.298 e. The Kier molecular flexibility index (Phi) is 5.79. The molecule has 1 fully saturated rings. The summed E-state index contributed by atoms with van der Waals surface area (Å²) < 4.78 is 17.4. The lowest BCUT2D eigenvalue weighted by molar-refractivity contribution is -0.906. The maximum atomic E-state index is 13.2. The number of rotatable bonds is 5. The number of nitrogens with one attached hydrogen (secondary N) is 1. The molecule has 0 atom stereocenters. The molecule has 1 aromatic carbocycles. The van der Waals surface area contributed by atoms with Gasteiger partial charge in [0.2, 0.25) is 5.76 Å². The molecule has 7 nitrogen and oxygen atoms in total. The van der Waals surface area contributed by atoms with E-state index < -0.39 is 0 Å². The largest absolute Gasteiger partial charge is 0.494 e. The fourth-order valence-corrected chi connectivity index (χ4v) is 4.58. The maximum absolute atomic E-state index is 13.2. The minimum atomic E-state index is -0.193. The van der Waals surface area contributed by atoms with Gasteiger partial charge < -0.3 is 19.1 Å². The van der Waals surface area contributed by atoms with Gasteiger partial charge in [0.15, 0.2) is 5.13 Å². The first-order valence-corrected chi connectivity index (χ1v) is 10.5. The fourth-order valence-electron chi connectivity index (χ4n) is 3.44. The second-order valence-electron chi connectivity index (χ2n) is 7.14. The van der Waals surface area contributed by atoms with Gasteiger partial charge in [-0.1, -0.05) is 23.5 Å². The average molecular weight is 405 g/mol. The number of benzene rings is 1. The zero-order valence-electron chi connectivity index (χ0n) is 16.3. The number of morpholine rings is 1. The van der Waals surface area contributed by atoms with Gasteiger partial charge in [0.05, 0.1) is 36.5 Å². The highest BCUT2D eigenvalue weighted by molar-refractivity contribution is 7.22. The van der Waals surface area contributed by atoms with Crippen LogP contribution in [0.5, 0.6) is 0 Å². The summed E-state index contributed by atoms with van der Waals surface area (Å²) in [6.07, 6.45) is 1.42. The van der Waals surface area contributed by atoms with Gasteiger partial charge in [-0.15, -0.1) is 0 Å². The second kappa shape index (κ2) is 8.46. The lowest BCUT2D eigenvalue weighted by Gasteiger charge is -2.27. The number of hydrogen-bond acceptors (Lipinski definition) is 6. The number of fused-ring (bicyclic) bond motifs is 1. The zero-order chi connectivity index (χ0) is 19.5. The number of thiazole rings is 1. The molecular weight excluding hydrogens is 378 g/mol. The Morgan fingerprint density at radius 2 is 1.96 bits per heavy atom. The Balaban J connectivity index is 1.63. The number of ether oxygens (including phenoxy) is 3. The van der Waals surface area contributed by atoms with Gasteiger partial charge in [0, 0.05) is 0 Å². The third kappa shape index (κ3) is 3.99. The lowest BCUT2D eigenvalue weighted by atomic mass is 10.1. The molecular formula is C20H26N3O4S+. The standard InChI is InChI=1S/C20H25N3O4S/c1-14-3-4-15(2)18-17(14)21-20(28-18)23(6-5-22-7-9-25-10-8-22)19(24)16-13-26-11-12-27-16/h3-4,13H,5-12H2,1-2H3/p+1. The molecule has 0 radical (unpaired) electrons. The van der Waals surface area contributed by atoms with Crippen LogP contribution in [0.25, 0.3) is 10.2 Å². The number of carbonyl (C=O) groups excluding carboxylic acids is 1. The molecule has 0 spiro atoms. The van der Waals surface area contributed by atoms with Crippen molar-refractivity contribution >= 4 is 32.6 Å². The number of aryl methyl sites for hydroxylation is 2. The van der Waals surface area contributed by atoms with E-state index in [1.165, 1.54) is 16.7 Å². The molecule has 1 saturated heterocycles. The number of hydrogen-bond donors (Lipinski definition) is 1.